The molecule has 1 aromatic rings. The van der Waals surface area contributed by atoms with Gasteiger partial charge in [0.15, 0.2) is 4.34 Å². The molecule has 9 heteroatoms. The molecule has 1 heterocycles. The van der Waals surface area contributed by atoms with Crippen molar-refractivity contribution in [2.75, 3.05) is 17.6 Å². The molecule has 0 aromatic carbocycles. The first-order chi connectivity index (χ1) is 12.8. The normalized spacial score (nSPS) is 19.9. The predicted octanol–water partition coefficient (Wildman–Crippen LogP) is 4.56. The standard InChI is InChI=1S/C18H30N4O3S2/c1-12(2)8-10-22(14-6-4-13(3)5-7-14)17(25)19-16-20-21-18(27-16)26-11-9-15(23)24/h12-14H,4-11H2,1-3H3,(H,23,24)(H,19,20,25)/t13-,14-. The lowest BCUT2D eigenvalue weighted by molar-refractivity contribution is -0.136. The van der Waals surface area contributed by atoms with E-state index in [4.69, 9.17) is 5.11 Å². The first-order valence-electron chi connectivity index (χ1n) is 9.60. The van der Waals surface area contributed by atoms with Crippen LogP contribution in [0, 0.1) is 11.8 Å². The molecule has 0 spiro atoms. The molecule has 0 aliphatic heterocycles. The van der Waals surface area contributed by atoms with E-state index in [2.05, 4.69) is 36.3 Å². The topological polar surface area (TPSA) is 95.4 Å². The van der Waals surface area contributed by atoms with E-state index < -0.39 is 5.97 Å². The second-order valence-electron chi connectivity index (χ2n) is 7.59. The van der Waals surface area contributed by atoms with Crippen molar-refractivity contribution >= 4 is 40.2 Å². The number of aromatic nitrogens is 2. The Balaban J connectivity index is 1.94. The highest BCUT2D eigenvalue weighted by atomic mass is 32.2. The summed E-state index contributed by atoms with van der Waals surface area (Å²) in [5.41, 5.74) is 0. The SMILES string of the molecule is CC(C)CCN(C(=O)Nc1nnc(SCCC(=O)O)s1)[C@H]1CC[C@H](C)CC1. The molecule has 0 unspecified atom stereocenters. The van der Waals surface area contributed by atoms with Crippen LogP contribution in [0.4, 0.5) is 9.93 Å². The second-order valence-corrected chi connectivity index (χ2v) is 9.90. The van der Waals surface area contributed by atoms with E-state index in [1.165, 1.54) is 35.9 Å². The summed E-state index contributed by atoms with van der Waals surface area (Å²) in [5, 5.41) is 20.1. The predicted molar refractivity (Wildman–Crippen MR) is 109 cm³/mol. The van der Waals surface area contributed by atoms with E-state index in [-0.39, 0.29) is 18.5 Å². The van der Waals surface area contributed by atoms with E-state index in [1.54, 1.807) is 0 Å². The number of aliphatic carboxylic acids is 1. The highest BCUT2D eigenvalue weighted by Crippen LogP contribution is 2.29. The van der Waals surface area contributed by atoms with Gasteiger partial charge in [0.2, 0.25) is 5.13 Å². The number of hydrogen-bond acceptors (Lipinski definition) is 6. The molecule has 1 aliphatic rings. The molecule has 7 nitrogen and oxygen atoms in total. The number of amides is 2. The Morgan fingerprint density at radius 2 is 2.00 bits per heavy atom. The van der Waals surface area contributed by atoms with Crippen LogP contribution >= 0.6 is 23.1 Å². The van der Waals surface area contributed by atoms with Gasteiger partial charge in [0.1, 0.15) is 0 Å². The van der Waals surface area contributed by atoms with Crippen LogP contribution in [0.1, 0.15) is 59.3 Å². The lowest BCUT2D eigenvalue weighted by Gasteiger charge is -2.36. The number of carbonyl (C=O) groups excluding carboxylic acids is 1. The minimum Gasteiger partial charge on any atom is -0.481 e. The van der Waals surface area contributed by atoms with Gasteiger partial charge in [-0.2, -0.15) is 0 Å². The van der Waals surface area contributed by atoms with E-state index in [1.807, 2.05) is 4.90 Å². The van der Waals surface area contributed by atoms with Crippen LogP contribution < -0.4 is 5.32 Å². The molecule has 1 aromatic heterocycles. The van der Waals surface area contributed by atoms with Gasteiger partial charge < -0.3 is 10.0 Å². The number of hydrogen-bond donors (Lipinski definition) is 2. The van der Waals surface area contributed by atoms with Crippen LogP contribution in [0.3, 0.4) is 0 Å². The lowest BCUT2D eigenvalue weighted by atomic mass is 9.86. The third-order valence-electron chi connectivity index (χ3n) is 4.80. The number of anilines is 1. The van der Waals surface area contributed by atoms with Gasteiger partial charge in [-0.25, -0.2) is 4.79 Å². The molecule has 2 amide bonds. The Morgan fingerprint density at radius 3 is 2.63 bits per heavy atom. The van der Waals surface area contributed by atoms with Gasteiger partial charge in [0.05, 0.1) is 6.42 Å². The number of carboxylic acid groups (broad SMARTS) is 1. The summed E-state index contributed by atoms with van der Waals surface area (Å²) in [6, 6.07) is 0.186. The van der Waals surface area contributed by atoms with Crippen molar-refractivity contribution in [3.63, 3.8) is 0 Å². The van der Waals surface area contributed by atoms with Gasteiger partial charge >= 0.3 is 12.0 Å². The minimum atomic E-state index is -0.830. The highest BCUT2D eigenvalue weighted by molar-refractivity contribution is 8.01. The van der Waals surface area contributed by atoms with Gasteiger partial charge in [0, 0.05) is 18.3 Å². The highest BCUT2D eigenvalue weighted by Gasteiger charge is 2.28. The molecule has 0 radical (unpaired) electrons. The quantitative estimate of drug-likeness (QED) is 0.454. The van der Waals surface area contributed by atoms with Crippen LogP contribution in [0.5, 0.6) is 0 Å². The van der Waals surface area contributed by atoms with Gasteiger partial charge in [-0.3, -0.25) is 10.1 Å². The van der Waals surface area contributed by atoms with E-state index in [0.717, 1.165) is 31.7 Å². The smallest absolute Gasteiger partial charge is 0.323 e. The molecule has 1 saturated carbocycles. The maximum absolute atomic E-state index is 12.9. The molecule has 0 atom stereocenters. The summed E-state index contributed by atoms with van der Waals surface area (Å²) in [6.45, 7) is 7.37. The fourth-order valence-corrected chi connectivity index (χ4v) is 4.85. The molecule has 2 rings (SSSR count). The molecule has 2 N–H and O–H groups in total. The second kappa shape index (κ2) is 10.8. The Hall–Kier alpha value is -1.35. The van der Waals surface area contributed by atoms with E-state index in [0.29, 0.717) is 21.1 Å². The number of rotatable bonds is 9. The van der Waals surface area contributed by atoms with Gasteiger partial charge in [-0.1, -0.05) is 43.9 Å². The van der Waals surface area contributed by atoms with Crippen LogP contribution in [-0.4, -0.2) is 50.5 Å². The van der Waals surface area contributed by atoms with Crippen LogP contribution in [0.2, 0.25) is 0 Å². The monoisotopic (exact) mass is 414 g/mol. The average Bonchev–Trinajstić information content (AvgIpc) is 3.03. The number of carbonyl (C=O) groups is 2. The van der Waals surface area contributed by atoms with Crippen LogP contribution in [0.25, 0.3) is 0 Å². The Kier molecular flexibility index (Phi) is 8.82. The maximum Gasteiger partial charge on any atom is 0.323 e. The van der Waals surface area contributed by atoms with Crippen LogP contribution in [-0.2, 0) is 4.79 Å². The first kappa shape index (κ1) is 21.9. The third kappa shape index (κ3) is 7.65. The summed E-state index contributed by atoms with van der Waals surface area (Å²) in [6.07, 6.45) is 5.50. The first-order valence-corrected chi connectivity index (χ1v) is 11.4. The molecule has 0 bridgehead atoms. The Bertz CT molecular complexity index is 616. The lowest BCUT2D eigenvalue weighted by Crippen LogP contribution is -2.45. The fraction of sp³-hybridized carbons (Fsp3) is 0.778. The molecular weight excluding hydrogens is 384 g/mol. The minimum absolute atomic E-state index is 0.0784. The zero-order valence-corrected chi connectivity index (χ0v) is 17.9. The zero-order valence-electron chi connectivity index (χ0n) is 16.3. The van der Waals surface area contributed by atoms with Crippen molar-refractivity contribution in [2.24, 2.45) is 11.8 Å². The fourth-order valence-electron chi connectivity index (χ4n) is 3.11. The Morgan fingerprint density at radius 1 is 1.30 bits per heavy atom. The maximum atomic E-state index is 12.9. The Labute approximate surface area is 169 Å². The molecule has 152 valence electrons. The van der Waals surface area contributed by atoms with E-state index in [9.17, 15) is 9.59 Å². The van der Waals surface area contributed by atoms with Crippen molar-refractivity contribution in [2.45, 2.75) is 69.7 Å². The zero-order chi connectivity index (χ0) is 19.8. The molecular formula is C18H30N4O3S2. The van der Waals surface area contributed by atoms with Crippen molar-refractivity contribution in [3.05, 3.63) is 0 Å². The van der Waals surface area contributed by atoms with Crippen molar-refractivity contribution in [1.82, 2.24) is 15.1 Å². The summed E-state index contributed by atoms with van der Waals surface area (Å²) >= 11 is 2.64. The number of carboxylic acids is 1. The van der Waals surface area contributed by atoms with Crippen molar-refractivity contribution in [3.8, 4) is 0 Å². The van der Waals surface area contributed by atoms with Crippen molar-refractivity contribution in [1.29, 1.82) is 0 Å². The number of thioether (sulfide) groups is 1. The summed E-state index contributed by atoms with van der Waals surface area (Å²) in [7, 11) is 0. The van der Waals surface area contributed by atoms with Crippen LogP contribution in [0.15, 0.2) is 4.34 Å². The van der Waals surface area contributed by atoms with E-state index >= 15 is 0 Å². The molecule has 0 saturated heterocycles. The summed E-state index contributed by atoms with van der Waals surface area (Å²) in [5.74, 6) is 0.896. The summed E-state index contributed by atoms with van der Waals surface area (Å²) < 4.78 is 0.673. The van der Waals surface area contributed by atoms with Crippen molar-refractivity contribution < 1.29 is 14.7 Å². The van der Waals surface area contributed by atoms with Gasteiger partial charge in [-0.15, -0.1) is 10.2 Å². The summed E-state index contributed by atoms with van der Waals surface area (Å²) in [4.78, 5) is 25.5. The van der Waals surface area contributed by atoms with Gasteiger partial charge in [0.25, 0.3) is 0 Å². The molecule has 1 fully saturated rings. The number of nitrogens with zero attached hydrogens (tertiary/aromatic N) is 3. The third-order valence-corrected chi connectivity index (χ3v) is 6.77. The molecule has 27 heavy (non-hydrogen) atoms. The number of nitrogens with one attached hydrogen (secondary N) is 1. The average molecular weight is 415 g/mol. The number of urea groups is 1. The molecule has 1 aliphatic carbocycles. The largest absolute Gasteiger partial charge is 0.481 e. The van der Waals surface area contributed by atoms with Gasteiger partial charge in [-0.05, 0) is 43.9 Å².